The zero-order valence-electron chi connectivity index (χ0n) is 16.8. The van der Waals surface area contributed by atoms with Crippen molar-refractivity contribution in [3.8, 4) is 0 Å². The van der Waals surface area contributed by atoms with Gasteiger partial charge in [-0.15, -0.1) is 0 Å². The Morgan fingerprint density at radius 2 is 2.04 bits per heavy atom. The van der Waals surface area contributed by atoms with Crippen LogP contribution in [0, 0.1) is 6.92 Å². The molecule has 6 nitrogen and oxygen atoms in total. The van der Waals surface area contributed by atoms with Crippen LogP contribution in [-0.2, 0) is 9.59 Å². The third kappa shape index (κ3) is 6.48. The standard InChI is InChI=1S/C20H31ClN4O2/c1-5-25-10-6-7-17(25)12-24(14-20(27)23(3)4)13-19(26)22-16-9-8-15(2)18(21)11-16/h8-9,11,17H,5-7,10,12-14H2,1-4H3,(H,22,26). The Balaban J connectivity index is 2.01. The molecule has 2 amide bonds. The van der Waals surface area contributed by atoms with E-state index in [-0.39, 0.29) is 24.9 Å². The van der Waals surface area contributed by atoms with Crippen molar-refractivity contribution in [1.82, 2.24) is 14.7 Å². The van der Waals surface area contributed by atoms with Crippen molar-refractivity contribution in [3.63, 3.8) is 0 Å². The van der Waals surface area contributed by atoms with Crippen LogP contribution < -0.4 is 5.32 Å². The van der Waals surface area contributed by atoms with Crippen molar-refractivity contribution in [2.24, 2.45) is 0 Å². The van der Waals surface area contributed by atoms with Gasteiger partial charge in [0.25, 0.3) is 0 Å². The fraction of sp³-hybridized carbons (Fsp3) is 0.600. The Labute approximate surface area is 167 Å². The van der Waals surface area contributed by atoms with Crippen LogP contribution in [0.2, 0.25) is 5.02 Å². The van der Waals surface area contributed by atoms with E-state index in [2.05, 4.69) is 17.1 Å². The number of nitrogens with zero attached hydrogens (tertiary/aromatic N) is 3. The van der Waals surface area contributed by atoms with E-state index in [1.54, 1.807) is 25.1 Å². The lowest BCUT2D eigenvalue weighted by atomic mass is 10.2. The zero-order chi connectivity index (χ0) is 20.0. The van der Waals surface area contributed by atoms with Gasteiger partial charge in [0.15, 0.2) is 0 Å². The smallest absolute Gasteiger partial charge is 0.238 e. The Hall–Kier alpha value is -1.63. The van der Waals surface area contributed by atoms with Crippen LogP contribution in [0.25, 0.3) is 0 Å². The van der Waals surface area contributed by atoms with Crippen molar-refractivity contribution >= 4 is 29.1 Å². The van der Waals surface area contributed by atoms with Gasteiger partial charge in [-0.05, 0) is 50.6 Å². The first-order valence-corrected chi connectivity index (χ1v) is 9.90. The lowest BCUT2D eigenvalue weighted by molar-refractivity contribution is -0.130. The van der Waals surface area contributed by atoms with Gasteiger partial charge in [0.05, 0.1) is 13.1 Å². The fourth-order valence-electron chi connectivity index (χ4n) is 3.41. The molecule has 1 fully saturated rings. The van der Waals surface area contributed by atoms with Gasteiger partial charge in [0.1, 0.15) is 0 Å². The molecule has 1 aliphatic heterocycles. The molecule has 0 radical (unpaired) electrons. The summed E-state index contributed by atoms with van der Waals surface area (Å²) < 4.78 is 0. The van der Waals surface area contributed by atoms with E-state index in [0.29, 0.717) is 16.8 Å². The SMILES string of the molecule is CCN1CCCC1CN(CC(=O)Nc1ccc(C)c(Cl)c1)CC(=O)N(C)C. The molecule has 1 saturated heterocycles. The lowest BCUT2D eigenvalue weighted by Crippen LogP contribution is -2.47. The van der Waals surface area contributed by atoms with E-state index in [1.165, 1.54) is 6.42 Å². The normalized spacial score (nSPS) is 17.3. The number of likely N-dealkylation sites (tertiary alicyclic amines) is 1. The first-order valence-electron chi connectivity index (χ1n) is 9.52. The molecule has 27 heavy (non-hydrogen) atoms. The third-order valence-electron chi connectivity index (χ3n) is 5.05. The second-order valence-electron chi connectivity index (χ2n) is 7.39. The molecule has 150 valence electrons. The zero-order valence-corrected chi connectivity index (χ0v) is 17.6. The minimum Gasteiger partial charge on any atom is -0.348 e. The molecule has 0 spiro atoms. The van der Waals surface area contributed by atoms with E-state index < -0.39 is 0 Å². The van der Waals surface area contributed by atoms with Gasteiger partial charge in [0.2, 0.25) is 11.8 Å². The molecule has 1 atom stereocenters. The summed E-state index contributed by atoms with van der Waals surface area (Å²) in [5, 5.41) is 3.51. The van der Waals surface area contributed by atoms with Crippen molar-refractivity contribution < 1.29 is 9.59 Å². The van der Waals surface area contributed by atoms with Gasteiger partial charge in [0, 0.05) is 37.4 Å². The highest BCUT2D eigenvalue weighted by Gasteiger charge is 2.27. The highest BCUT2D eigenvalue weighted by atomic mass is 35.5. The van der Waals surface area contributed by atoms with E-state index in [0.717, 1.165) is 31.6 Å². The predicted octanol–water partition coefficient (Wildman–Crippen LogP) is 2.46. The number of carbonyl (C=O) groups excluding carboxylic acids is 2. The van der Waals surface area contributed by atoms with Crippen LogP contribution in [-0.4, -0.2) is 79.4 Å². The highest BCUT2D eigenvalue weighted by molar-refractivity contribution is 6.31. The average molecular weight is 395 g/mol. The van der Waals surface area contributed by atoms with Gasteiger partial charge in [-0.1, -0.05) is 24.6 Å². The van der Waals surface area contributed by atoms with Gasteiger partial charge in [-0.3, -0.25) is 19.4 Å². The minimum absolute atomic E-state index is 0.00206. The van der Waals surface area contributed by atoms with Crippen LogP contribution in [0.15, 0.2) is 18.2 Å². The van der Waals surface area contributed by atoms with Gasteiger partial charge >= 0.3 is 0 Å². The summed E-state index contributed by atoms with van der Waals surface area (Å²) in [6.07, 6.45) is 2.28. The summed E-state index contributed by atoms with van der Waals surface area (Å²) in [5.41, 5.74) is 1.64. The number of carbonyl (C=O) groups is 2. The maximum atomic E-state index is 12.6. The largest absolute Gasteiger partial charge is 0.348 e. The van der Waals surface area contributed by atoms with Crippen LogP contribution >= 0.6 is 11.6 Å². The van der Waals surface area contributed by atoms with E-state index >= 15 is 0 Å². The highest BCUT2D eigenvalue weighted by Crippen LogP contribution is 2.20. The Morgan fingerprint density at radius 1 is 1.30 bits per heavy atom. The molecule has 0 aromatic heterocycles. The summed E-state index contributed by atoms with van der Waals surface area (Å²) in [6, 6.07) is 5.86. The summed E-state index contributed by atoms with van der Waals surface area (Å²) in [5.74, 6) is -0.134. The Bertz CT molecular complexity index is 665. The van der Waals surface area contributed by atoms with Gasteiger partial charge < -0.3 is 10.2 Å². The topological polar surface area (TPSA) is 55.9 Å². The monoisotopic (exact) mass is 394 g/mol. The molecule has 0 saturated carbocycles. The molecule has 1 N–H and O–H groups in total. The summed E-state index contributed by atoms with van der Waals surface area (Å²) in [6.45, 7) is 7.29. The number of rotatable bonds is 8. The predicted molar refractivity (Wildman–Crippen MR) is 110 cm³/mol. The Kier molecular flexibility index (Phi) is 8.07. The summed E-state index contributed by atoms with van der Waals surface area (Å²) >= 11 is 6.13. The number of amides is 2. The molecule has 0 bridgehead atoms. The van der Waals surface area contributed by atoms with Crippen LogP contribution in [0.1, 0.15) is 25.3 Å². The molecule has 0 aliphatic carbocycles. The first kappa shape index (κ1) is 21.7. The number of anilines is 1. The van der Waals surface area contributed by atoms with E-state index in [4.69, 9.17) is 11.6 Å². The second-order valence-corrected chi connectivity index (χ2v) is 7.80. The molecule has 2 rings (SSSR count). The molecule has 1 heterocycles. The van der Waals surface area contributed by atoms with Crippen molar-refractivity contribution in [2.45, 2.75) is 32.7 Å². The molecule has 1 aromatic rings. The first-order chi connectivity index (χ1) is 12.8. The maximum Gasteiger partial charge on any atom is 0.238 e. The number of nitrogens with one attached hydrogen (secondary N) is 1. The second kappa shape index (κ2) is 10.1. The van der Waals surface area contributed by atoms with Crippen LogP contribution in [0.3, 0.4) is 0 Å². The number of hydrogen-bond acceptors (Lipinski definition) is 4. The van der Waals surface area contributed by atoms with Crippen molar-refractivity contribution in [1.29, 1.82) is 0 Å². The lowest BCUT2D eigenvalue weighted by Gasteiger charge is -2.30. The van der Waals surface area contributed by atoms with Crippen molar-refractivity contribution in [2.75, 3.05) is 52.1 Å². The minimum atomic E-state index is -0.137. The maximum absolute atomic E-state index is 12.6. The molecule has 1 aliphatic rings. The summed E-state index contributed by atoms with van der Waals surface area (Å²) in [7, 11) is 3.48. The third-order valence-corrected chi connectivity index (χ3v) is 5.46. The number of likely N-dealkylation sites (N-methyl/N-ethyl adjacent to an activating group) is 2. The van der Waals surface area contributed by atoms with Crippen molar-refractivity contribution in [3.05, 3.63) is 28.8 Å². The Morgan fingerprint density at radius 3 is 2.67 bits per heavy atom. The fourth-order valence-corrected chi connectivity index (χ4v) is 3.59. The number of benzene rings is 1. The van der Waals surface area contributed by atoms with Crippen LogP contribution in [0.4, 0.5) is 5.69 Å². The van der Waals surface area contributed by atoms with E-state index in [9.17, 15) is 9.59 Å². The molecule has 7 heteroatoms. The molecular weight excluding hydrogens is 364 g/mol. The molecular formula is C20H31ClN4O2. The number of halogens is 1. The molecule has 1 unspecified atom stereocenters. The van der Waals surface area contributed by atoms with E-state index in [1.807, 2.05) is 24.0 Å². The quantitative estimate of drug-likeness (QED) is 0.735. The number of hydrogen-bond donors (Lipinski definition) is 1. The average Bonchev–Trinajstić information content (AvgIpc) is 3.05. The van der Waals surface area contributed by atoms with Gasteiger partial charge in [-0.25, -0.2) is 0 Å². The van der Waals surface area contributed by atoms with Crippen LogP contribution in [0.5, 0.6) is 0 Å². The molecule has 1 aromatic carbocycles. The van der Waals surface area contributed by atoms with Gasteiger partial charge in [-0.2, -0.15) is 0 Å². The summed E-state index contributed by atoms with van der Waals surface area (Å²) in [4.78, 5) is 30.7. The number of aryl methyl sites for hydroxylation is 1.